The van der Waals surface area contributed by atoms with Crippen LogP contribution in [0, 0.1) is 0 Å². The third-order valence-corrected chi connectivity index (χ3v) is 5.50. The summed E-state index contributed by atoms with van der Waals surface area (Å²) in [5.74, 6) is 0.835. The fraction of sp³-hybridized carbons (Fsp3) is 0.455. The van der Waals surface area contributed by atoms with Crippen molar-refractivity contribution in [3.8, 4) is 16.9 Å². The molecule has 1 heterocycles. The monoisotopic (exact) mass is 387 g/mol. The van der Waals surface area contributed by atoms with E-state index in [0.29, 0.717) is 6.54 Å². The number of hydrogen-bond acceptors (Lipinski definition) is 6. The molecule has 1 unspecified atom stereocenters. The highest BCUT2D eigenvalue weighted by molar-refractivity contribution is 5.64. The lowest BCUT2D eigenvalue weighted by atomic mass is 9.94. The van der Waals surface area contributed by atoms with Crippen LogP contribution in [0.1, 0.15) is 12.0 Å². The van der Waals surface area contributed by atoms with Crippen molar-refractivity contribution in [3.63, 3.8) is 0 Å². The molecule has 152 valence electrons. The molecule has 1 saturated heterocycles. The minimum absolute atomic E-state index is 0.249. The Bertz CT molecular complexity index is 734. The molecule has 0 amide bonds. The molecule has 6 nitrogen and oxygen atoms in total. The molecular weight excluding hydrogens is 358 g/mol. The molecule has 0 saturated carbocycles. The zero-order chi connectivity index (χ0) is 20.1. The van der Waals surface area contributed by atoms with Gasteiger partial charge in [0.05, 0.1) is 25.9 Å². The van der Waals surface area contributed by atoms with E-state index in [1.807, 2.05) is 29.2 Å². The predicted molar refractivity (Wildman–Crippen MR) is 107 cm³/mol. The first-order valence-corrected chi connectivity index (χ1v) is 9.66. The highest BCUT2D eigenvalue weighted by Crippen LogP contribution is 2.23. The van der Waals surface area contributed by atoms with E-state index in [9.17, 15) is 20.4 Å². The summed E-state index contributed by atoms with van der Waals surface area (Å²) in [5, 5.41) is 39.2. The van der Waals surface area contributed by atoms with Gasteiger partial charge in [-0.1, -0.05) is 36.4 Å². The second-order valence-corrected chi connectivity index (χ2v) is 7.32. The van der Waals surface area contributed by atoms with E-state index in [1.165, 1.54) is 5.56 Å². The Balaban J connectivity index is 1.54. The fourth-order valence-electron chi connectivity index (χ4n) is 3.77. The van der Waals surface area contributed by atoms with Gasteiger partial charge in [0.2, 0.25) is 0 Å². The highest BCUT2D eigenvalue weighted by atomic mass is 16.5. The molecule has 0 radical (unpaired) electrons. The van der Waals surface area contributed by atoms with Gasteiger partial charge in [-0.25, -0.2) is 0 Å². The van der Waals surface area contributed by atoms with Gasteiger partial charge in [-0.2, -0.15) is 0 Å². The van der Waals surface area contributed by atoms with Crippen molar-refractivity contribution in [2.24, 2.45) is 0 Å². The van der Waals surface area contributed by atoms with Gasteiger partial charge in [-0.3, -0.25) is 4.90 Å². The number of nitrogens with zero attached hydrogens (tertiary/aromatic N) is 1. The lowest BCUT2D eigenvalue weighted by Crippen LogP contribution is -2.62. The van der Waals surface area contributed by atoms with Gasteiger partial charge in [0.1, 0.15) is 18.0 Å². The van der Waals surface area contributed by atoms with Gasteiger partial charge in [-0.15, -0.1) is 0 Å². The minimum atomic E-state index is -1.21. The van der Waals surface area contributed by atoms with Crippen molar-refractivity contribution in [1.82, 2.24) is 4.90 Å². The number of ether oxygens (including phenoxy) is 1. The molecule has 0 bridgehead atoms. The minimum Gasteiger partial charge on any atom is -0.497 e. The third-order valence-electron chi connectivity index (χ3n) is 5.50. The zero-order valence-electron chi connectivity index (χ0n) is 16.1. The lowest BCUT2D eigenvalue weighted by Gasteiger charge is -2.43. The topological polar surface area (TPSA) is 93.4 Å². The number of likely N-dealkylation sites (tertiary alicyclic amines) is 1. The van der Waals surface area contributed by atoms with Crippen LogP contribution in [0.3, 0.4) is 0 Å². The SMILES string of the molecule is COc1ccc(-c2ccc(CCCN3C[C@H](O)C(O)[C@H](O)[C@H]3CO)cc2)cc1. The zero-order valence-corrected chi connectivity index (χ0v) is 16.1. The predicted octanol–water partition coefficient (Wildman–Crippen LogP) is 1.05. The van der Waals surface area contributed by atoms with Crippen LogP contribution in [0.15, 0.2) is 48.5 Å². The Hall–Kier alpha value is -1.96. The number of rotatable bonds is 7. The van der Waals surface area contributed by atoms with Crippen LogP contribution in [0.4, 0.5) is 0 Å². The molecule has 2 aromatic carbocycles. The van der Waals surface area contributed by atoms with Crippen LogP contribution in [-0.4, -0.2) is 76.5 Å². The van der Waals surface area contributed by atoms with Crippen molar-refractivity contribution in [2.45, 2.75) is 37.2 Å². The van der Waals surface area contributed by atoms with Crippen LogP contribution in [0.5, 0.6) is 5.75 Å². The first kappa shape index (κ1) is 20.8. The molecule has 4 N–H and O–H groups in total. The largest absolute Gasteiger partial charge is 0.497 e. The quantitative estimate of drug-likeness (QED) is 0.568. The molecule has 3 rings (SSSR count). The molecule has 1 fully saturated rings. The number of aliphatic hydroxyl groups is 4. The van der Waals surface area contributed by atoms with E-state index in [1.54, 1.807) is 7.11 Å². The summed E-state index contributed by atoms with van der Waals surface area (Å²) < 4.78 is 5.19. The van der Waals surface area contributed by atoms with Crippen molar-refractivity contribution >= 4 is 0 Å². The maximum Gasteiger partial charge on any atom is 0.118 e. The second kappa shape index (κ2) is 9.49. The van der Waals surface area contributed by atoms with Crippen molar-refractivity contribution in [3.05, 3.63) is 54.1 Å². The van der Waals surface area contributed by atoms with Gasteiger partial charge >= 0.3 is 0 Å². The van der Waals surface area contributed by atoms with Gasteiger partial charge < -0.3 is 25.2 Å². The number of β-amino-alcohol motifs (C(OH)–C–C–N with tert-alkyl or cyclic N) is 1. The summed E-state index contributed by atoms with van der Waals surface area (Å²) in [6.07, 6.45) is -1.67. The van der Waals surface area contributed by atoms with Gasteiger partial charge in [0, 0.05) is 6.54 Å². The van der Waals surface area contributed by atoms with Crippen LogP contribution >= 0.6 is 0 Å². The summed E-state index contributed by atoms with van der Waals surface area (Å²) in [7, 11) is 1.65. The summed E-state index contributed by atoms with van der Waals surface area (Å²) in [6.45, 7) is 0.633. The van der Waals surface area contributed by atoms with Gasteiger partial charge in [0.25, 0.3) is 0 Å². The molecule has 28 heavy (non-hydrogen) atoms. The number of aliphatic hydroxyl groups excluding tert-OH is 4. The van der Waals surface area contributed by atoms with E-state index in [2.05, 4.69) is 24.3 Å². The van der Waals surface area contributed by atoms with Gasteiger partial charge in [-0.05, 0) is 48.2 Å². The van der Waals surface area contributed by atoms with Crippen molar-refractivity contribution in [2.75, 3.05) is 26.8 Å². The number of aryl methyl sites for hydroxylation is 1. The number of benzene rings is 2. The molecule has 1 aliphatic heterocycles. The average molecular weight is 387 g/mol. The van der Waals surface area contributed by atoms with Crippen LogP contribution in [-0.2, 0) is 6.42 Å². The Kier molecular flexibility index (Phi) is 7.04. The summed E-state index contributed by atoms with van der Waals surface area (Å²) in [5.41, 5.74) is 3.48. The van der Waals surface area contributed by atoms with E-state index < -0.39 is 24.4 Å². The Morgan fingerprint density at radius 3 is 2.11 bits per heavy atom. The Morgan fingerprint density at radius 1 is 0.929 bits per heavy atom. The fourth-order valence-corrected chi connectivity index (χ4v) is 3.77. The van der Waals surface area contributed by atoms with Crippen molar-refractivity contribution in [1.29, 1.82) is 0 Å². The molecule has 2 aromatic rings. The third kappa shape index (κ3) is 4.71. The molecule has 4 atom stereocenters. The van der Waals surface area contributed by atoms with Crippen LogP contribution in [0.2, 0.25) is 0 Å². The number of hydrogen-bond donors (Lipinski definition) is 4. The summed E-state index contributed by atoms with van der Waals surface area (Å²) in [6, 6.07) is 15.8. The van der Waals surface area contributed by atoms with Crippen molar-refractivity contribution < 1.29 is 25.2 Å². The number of methoxy groups -OCH3 is 1. The standard InChI is InChI=1S/C22H29NO5/c1-28-18-10-8-17(9-11-18)16-6-4-15(5-7-16)3-2-12-23-13-20(25)22(27)21(26)19(23)14-24/h4-11,19-22,24-27H,2-3,12-14H2,1H3/t19-,20+,21-,22?/m1/s1. The normalized spacial score (nSPS) is 25.6. The second-order valence-electron chi connectivity index (χ2n) is 7.32. The van der Waals surface area contributed by atoms with Crippen LogP contribution < -0.4 is 4.74 Å². The molecule has 6 heteroatoms. The van der Waals surface area contributed by atoms with Crippen LogP contribution in [0.25, 0.3) is 11.1 Å². The summed E-state index contributed by atoms with van der Waals surface area (Å²) in [4.78, 5) is 1.85. The molecule has 1 aliphatic rings. The van der Waals surface area contributed by atoms with Gasteiger partial charge in [0.15, 0.2) is 0 Å². The molecule has 0 aromatic heterocycles. The highest BCUT2D eigenvalue weighted by Gasteiger charge is 2.40. The Labute approximate surface area is 165 Å². The van der Waals surface area contributed by atoms with E-state index in [0.717, 1.165) is 29.7 Å². The first-order valence-electron chi connectivity index (χ1n) is 9.66. The Morgan fingerprint density at radius 2 is 1.54 bits per heavy atom. The average Bonchev–Trinajstić information content (AvgIpc) is 2.73. The van der Waals surface area contributed by atoms with E-state index in [-0.39, 0.29) is 13.2 Å². The molecular formula is C22H29NO5. The van der Waals surface area contributed by atoms with E-state index in [4.69, 9.17) is 4.74 Å². The first-order chi connectivity index (χ1) is 13.5. The lowest BCUT2D eigenvalue weighted by molar-refractivity contribution is -0.145. The molecule has 0 spiro atoms. The summed E-state index contributed by atoms with van der Waals surface area (Å²) >= 11 is 0. The molecule has 0 aliphatic carbocycles. The maximum atomic E-state index is 10.0. The maximum absolute atomic E-state index is 10.0. The number of piperidine rings is 1. The van der Waals surface area contributed by atoms with E-state index >= 15 is 0 Å². The smallest absolute Gasteiger partial charge is 0.118 e.